The predicted octanol–water partition coefficient (Wildman–Crippen LogP) is 5.28. The number of hydrogen-bond donors (Lipinski definition) is 1. The first-order valence-corrected chi connectivity index (χ1v) is 11.8. The fraction of sp³-hybridized carbons (Fsp3) is 0.875. The van der Waals surface area contributed by atoms with Gasteiger partial charge in [-0.25, -0.2) is 0 Å². The van der Waals surface area contributed by atoms with Crippen molar-refractivity contribution < 1.29 is 4.79 Å². The van der Waals surface area contributed by atoms with Crippen molar-refractivity contribution in [3.63, 3.8) is 0 Å². The monoisotopic (exact) mass is 400 g/mol. The van der Waals surface area contributed by atoms with E-state index < -0.39 is 5.92 Å². The van der Waals surface area contributed by atoms with Crippen LogP contribution < -0.4 is 5.73 Å². The van der Waals surface area contributed by atoms with Crippen LogP contribution in [0.1, 0.15) is 78.6 Å². The molecule has 3 nitrogen and oxygen atoms in total. The van der Waals surface area contributed by atoms with E-state index in [1.54, 1.807) is 6.92 Å². The fourth-order valence-corrected chi connectivity index (χ4v) is 9.08. The van der Waals surface area contributed by atoms with Gasteiger partial charge in [0.05, 0.1) is 17.0 Å². The van der Waals surface area contributed by atoms with Crippen molar-refractivity contribution in [2.24, 2.45) is 58.0 Å². The molecule has 0 bridgehead atoms. The summed E-state index contributed by atoms with van der Waals surface area (Å²) in [5, 5.41) is 9.77. The second-order valence-corrected chi connectivity index (χ2v) is 11.4. The number of thiocarbonyl (C=S) groups is 1. The lowest BCUT2D eigenvalue weighted by molar-refractivity contribution is -0.134. The van der Waals surface area contributed by atoms with Gasteiger partial charge in [-0.3, -0.25) is 4.79 Å². The maximum absolute atomic E-state index is 12.8. The van der Waals surface area contributed by atoms with Gasteiger partial charge < -0.3 is 5.73 Å². The summed E-state index contributed by atoms with van der Waals surface area (Å²) in [4.78, 5) is 13.1. The quantitative estimate of drug-likeness (QED) is 0.655. The second kappa shape index (κ2) is 7.08. The lowest BCUT2D eigenvalue weighted by atomic mass is 9.45. The number of nitrogens with zero attached hydrogens (tertiary/aromatic N) is 1. The number of ketones is 1. The van der Waals surface area contributed by atoms with E-state index in [-0.39, 0.29) is 28.0 Å². The topological polar surface area (TPSA) is 66.9 Å². The average Bonchev–Trinajstić information content (AvgIpc) is 2.94. The number of hydrogen-bond acceptors (Lipinski definition) is 3. The van der Waals surface area contributed by atoms with Crippen molar-refractivity contribution in [2.75, 3.05) is 0 Å². The normalized spacial score (nSPS) is 48.5. The predicted molar refractivity (Wildman–Crippen MR) is 115 cm³/mol. The zero-order valence-electron chi connectivity index (χ0n) is 17.7. The van der Waals surface area contributed by atoms with E-state index in [4.69, 9.17) is 18.0 Å². The van der Waals surface area contributed by atoms with Crippen molar-refractivity contribution in [3.05, 3.63) is 0 Å². The van der Waals surface area contributed by atoms with Crippen LogP contribution in [0.15, 0.2) is 0 Å². The molecule has 4 heteroatoms. The van der Waals surface area contributed by atoms with Gasteiger partial charge in [-0.2, -0.15) is 5.26 Å². The smallest absolute Gasteiger partial charge is 0.133 e. The van der Waals surface area contributed by atoms with Crippen LogP contribution in [0.25, 0.3) is 0 Å². The number of nitriles is 1. The van der Waals surface area contributed by atoms with Gasteiger partial charge in [-0.15, -0.1) is 0 Å². The summed E-state index contributed by atoms with van der Waals surface area (Å²) in [5.74, 6) is 2.64. The number of nitrogens with two attached hydrogens (primary N) is 1. The van der Waals surface area contributed by atoms with Gasteiger partial charge >= 0.3 is 0 Å². The molecule has 0 radical (unpaired) electrons. The number of carbonyl (C=O) groups excluding carboxylic acids is 1. The molecule has 0 unspecified atom stereocenters. The summed E-state index contributed by atoms with van der Waals surface area (Å²) in [5.41, 5.74) is 6.46. The summed E-state index contributed by atoms with van der Waals surface area (Å²) in [6, 6.07) is 2.36. The molecule has 0 amide bonds. The van der Waals surface area contributed by atoms with Crippen molar-refractivity contribution in [1.82, 2.24) is 0 Å². The van der Waals surface area contributed by atoms with E-state index in [2.05, 4.69) is 19.9 Å². The van der Waals surface area contributed by atoms with Gasteiger partial charge in [0.1, 0.15) is 5.78 Å². The van der Waals surface area contributed by atoms with Crippen molar-refractivity contribution in [2.45, 2.75) is 78.6 Å². The highest BCUT2D eigenvalue weighted by atomic mass is 32.1. The maximum Gasteiger partial charge on any atom is 0.133 e. The summed E-state index contributed by atoms with van der Waals surface area (Å²) in [7, 11) is 0. The SMILES string of the molecule is CC(=O)[C@@H]1[C@@H]([C@H](C#N)C(N)=S)C[C@@H]2[C@H]3CC[C@H]4CCCC[C@]4(C)[C@@H]3CC[C@@]21C. The van der Waals surface area contributed by atoms with Crippen LogP contribution >= 0.6 is 12.2 Å². The highest BCUT2D eigenvalue weighted by Gasteiger charge is 2.63. The average molecular weight is 401 g/mol. The molecule has 0 spiro atoms. The van der Waals surface area contributed by atoms with Crippen molar-refractivity contribution in [1.29, 1.82) is 5.26 Å². The zero-order chi connectivity index (χ0) is 20.3. The first kappa shape index (κ1) is 20.3. The summed E-state index contributed by atoms with van der Waals surface area (Å²) in [6.07, 6.45) is 11.6. The zero-order valence-corrected chi connectivity index (χ0v) is 18.6. The minimum atomic E-state index is -0.466. The van der Waals surface area contributed by atoms with E-state index in [1.165, 1.54) is 44.9 Å². The maximum atomic E-state index is 12.8. The van der Waals surface area contributed by atoms with Gasteiger partial charge in [0.25, 0.3) is 0 Å². The lowest BCUT2D eigenvalue weighted by Gasteiger charge is -2.60. The Morgan fingerprint density at radius 3 is 2.50 bits per heavy atom. The summed E-state index contributed by atoms with van der Waals surface area (Å²) < 4.78 is 0. The van der Waals surface area contributed by atoms with Gasteiger partial charge in [0, 0.05) is 5.92 Å². The molecule has 2 N–H and O–H groups in total. The molecule has 9 atom stereocenters. The van der Waals surface area contributed by atoms with Gasteiger partial charge in [0.2, 0.25) is 0 Å². The molecule has 4 rings (SSSR count). The Morgan fingerprint density at radius 2 is 1.86 bits per heavy atom. The van der Waals surface area contributed by atoms with E-state index in [0.717, 1.165) is 24.7 Å². The van der Waals surface area contributed by atoms with Crippen LogP contribution in [0.5, 0.6) is 0 Å². The van der Waals surface area contributed by atoms with E-state index in [9.17, 15) is 10.1 Å². The molecule has 0 saturated heterocycles. The minimum absolute atomic E-state index is 0.00522. The Morgan fingerprint density at radius 1 is 1.11 bits per heavy atom. The number of rotatable bonds is 3. The molecule has 0 heterocycles. The van der Waals surface area contributed by atoms with Crippen LogP contribution in [-0.2, 0) is 4.79 Å². The van der Waals surface area contributed by atoms with E-state index >= 15 is 0 Å². The van der Waals surface area contributed by atoms with Gasteiger partial charge in [-0.1, -0.05) is 38.9 Å². The molecular formula is C24H36N2OS. The molecule has 4 fully saturated rings. The standard InChI is InChI=1S/C24H36N2OS/c1-14(27)21-17(18(13-25)22(26)28)12-20-16-8-7-15-6-4-5-10-23(15,2)19(16)9-11-24(20,21)3/h15-21H,4-12H2,1-3H3,(H2,26,28)/t15-,16+,17-,18+,19-,20-,21-,23+,24+/m1/s1. The Hall–Kier alpha value is -0.950. The molecule has 4 aliphatic rings. The Labute approximate surface area is 175 Å². The molecule has 28 heavy (non-hydrogen) atoms. The number of carbonyl (C=O) groups is 1. The van der Waals surface area contributed by atoms with Crippen LogP contribution in [0, 0.1) is 63.6 Å². The first-order valence-electron chi connectivity index (χ1n) is 11.4. The largest absolute Gasteiger partial charge is 0.392 e. The Balaban J connectivity index is 1.69. The van der Waals surface area contributed by atoms with Crippen molar-refractivity contribution >= 4 is 23.0 Å². The van der Waals surface area contributed by atoms with Crippen LogP contribution in [0.4, 0.5) is 0 Å². The van der Waals surface area contributed by atoms with E-state index in [1.807, 2.05) is 0 Å². The molecule has 0 aromatic rings. The Kier molecular flexibility index (Phi) is 5.14. The third-order valence-corrected chi connectivity index (χ3v) is 10.3. The van der Waals surface area contributed by atoms with Crippen LogP contribution in [0.3, 0.4) is 0 Å². The first-order chi connectivity index (χ1) is 13.2. The summed E-state index contributed by atoms with van der Waals surface area (Å²) >= 11 is 5.25. The Bertz CT molecular complexity index is 714. The number of Topliss-reactive ketones (excluding diaryl/α,β-unsaturated/α-hetero) is 1. The van der Waals surface area contributed by atoms with E-state index in [0.29, 0.717) is 17.3 Å². The molecule has 0 aromatic heterocycles. The highest BCUT2D eigenvalue weighted by Crippen LogP contribution is 2.69. The highest BCUT2D eigenvalue weighted by molar-refractivity contribution is 7.80. The fourth-order valence-electron chi connectivity index (χ4n) is 8.86. The van der Waals surface area contributed by atoms with Crippen LogP contribution in [0.2, 0.25) is 0 Å². The third kappa shape index (κ3) is 2.79. The second-order valence-electron chi connectivity index (χ2n) is 10.9. The van der Waals surface area contributed by atoms with Crippen molar-refractivity contribution in [3.8, 4) is 6.07 Å². The molecule has 4 aliphatic carbocycles. The van der Waals surface area contributed by atoms with Crippen LogP contribution in [-0.4, -0.2) is 10.8 Å². The molecular weight excluding hydrogens is 364 g/mol. The molecule has 154 valence electrons. The lowest BCUT2D eigenvalue weighted by Crippen LogP contribution is -2.53. The molecule has 4 saturated carbocycles. The molecule has 0 aliphatic heterocycles. The number of fused-ring (bicyclic) bond motifs is 5. The molecule has 0 aromatic carbocycles. The minimum Gasteiger partial charge on any atom is -0.392 e. The van der Waals surface area contributed by atoms with Gasteiger partial charge in [0.15, 0.2) is 0 Å². The summed E-state index contributed by atoms with van der Waals surface area (Å²) in [6.45, 7) is 6.66. The third-order valence-electron chi connectivity index (χ3n) is 10.00. The van der Waals surface area contributed by atoms with Gasteiger partial charge in [-0.05, 0) is 92.3 Å².